The minimum atomic E-state index is -6.27. The largest absolute Gasteiger partial charge is 0.462 e. The zero-order chi connectivity index (χ0) is 19.4. The number of alkyl halides is 8. The quantitative estimate of drug-likeness (QED) is 0.228. The molecule has 0 aliphatic rings. The second-order valence-corrected chi connectivity index (χ2v) is 5.33. The van der Waals surface area contributed by atoms with Gasteiger partial charge in [0.05, 0.1) is 6.61 Å². The number of esters is 1. The minimum absolute atomic E-state index is 0.0853. The van der Waals surface area contributed by atoms with Crippen molar-refractivity contribution in [3.05, 3.63) is 12.2 Å². The highest BCUT2D eigenvalue weighted by Crippen LogP contribution is 2.54. The van der Waals surface area contributed by atoms with E-state index in [9.17, 15) is 39.9 Å². The van der Waals surface area contributed by atoms with Gasteiger partial charge in [-0.25, -0.2) is 4.79 Å². The van der Waals surface area contributed by atoms with Crippen LogP contribution in [0.4, 0.5) is 35.1 Å². The van der Waals surface area contributed by atoms with Gasteiger partial charge in [0.1, 0.15) is 0 Å². The zero-order valence-corrected chi connectivity index (χ0v) is 13.1. The second-order valence-electron chi connectivity index (χ2n) is 5.33. The lowest BCUT2D eigenvalue weighted by Gasteiger charge is -2.36. The summed E-state index contributed by atoms with van der Waals surface area (Å²) in [7, 11) is 0. The van der Waals surface area contributed by atoms with Crippen LogP contribution in [0.2, 0.25) is 0 Å². The highest BCUT2D eigenvalue weighted by Gasteiger charge is 2.79. The molecule has 0 aliphatic carbocycles. The summed E-state index contributed by atoms with van der Waals surface area (Å²) >= 11 is 0. The first-order valence-electron chi connectivity index (χ1n) is 6.98. The number of rotatable bonds is 10. The van der Waals surface area contributed by atoms with Gasteiger partial charge in [0.15, 0.2) is 0 Å². The molecule has 142 valence electrons. The Hall–Kier alpha value is -1.35. The molecule has 0 radical (unpaired) electrons. The zero-order valence-electron chi connectivity index (χ0n) is 13.1. The van der Waals surface area contributed by atoms with Crippen molar-refractivity contribution < 1.29 is 44.7 Å². The van der Waals surface area contributed by atoms with Crippen LogP contribution in [-0.4, -0.2) is 36.3 Å². The number of ether oxygens (including phenoxy) is 1. The van der Waals surface area contributed by atoms with E-state index in [1.54, 1.807) is 0 Å². The Balaban J connectivity index is 5.03. The maximum absolute atomic E-state index is 13.4. The van der Waals surface area contributed by atoms with Crippen LogP contribution in [0, 0.1) is 0 Å². The number of hydrogen-bond donors (Lipinski definition) is 0. The number of hydrogen-bond acceptors (Lipinski definition) is 2. The van der Waals surface area contributed by atoms with E-state index in [0.717, 1.165) is 6.92 Å². The number of carbonyl (C=O) groups excluding carboxylic acids is 1. The van der Waals surface area contributed by atoms with Crippen molar-refractivity contribution in [1.82, 2.24) is 0 Å². The van der Waals surface area contributed by atoms with E-state index < -0.39 is 61.9 Å². The molecule has 10 heteroatoms. The molecule has 0 rings (SSSR count). The summed E-state index contributed by atoms with van der Waals surface area (Å²) in [5, 5.41) is 0. The number of carbonyl (C=O) groups is 1. The first-order chi connectivity index (χ1) is 10.6. The predicted octanol–water partition coefficient (Wildman–Crippen LogP) is 5.23. The minimum Gasteiger partial charge on any atom is -0.462 e. The van der Waals surface area contributed by atoms with Crippen molar-refractivity contribution in [2.45, 2.75) is 63.2 Å². The average molecular weight is 370 g/mol. The van der Waals surface area contributed by atoms with Crippen LogP contribution in [0.3, 0.4) is 0 Å². The van der Waals surface area contributed by atoms with Crippen LogP contribution < -0.4 is 0 Å². The van der Waals surface area contributed by atoms with Crippen LogP contribution >= 0.6 is 0 Å². The molecule has 0 N–H and O–H groups in total. The highest BCUT2D eigenvalue weighted by molar-refractivity contribution is 5.86. The van der Waals surface area contributed by atoms with E-state index in [4.69, 9.17) is 0 Å². The first kappa shape index (κ1) is 22.6. The average Bonchev–Trinajstić information content (AvgIpc) is 2.42. The fourth-order valence-corrected chi connectivity index (χ4v) is 1.67. The maximum Gasteiger partial charge on any atom is 0.378 e. The topological polar surface area (TPSA) is 26.3 Å². The van der Waals surface area contributed by atoms with Crippen molar-refractivity contribution in [3.8, 4) is 0 Å². The van der Waals surface area contributed by atoms with Crippen molar-refractivity contribution in [1.29, 1.82) is 0 Å². The van der Waals surface area contributed by atoms with Crippen molar-refractivity contribution in [2.24, 2.45) is 0 Å². The van der Waals surface area contributed by atoms with Gasteiger partial charge in [-0.05, 0) is 13.3 Å². The van der Waals surface area contributed by atoms with E-state index in [-0.39, 0.29) is 5.57 Å². The summed E-state index contributed by atoms with van der Waals surface area (Å²) in [5.41, 5.74) is -0.0853. The van der Waals surface area contributed by atoms with Crippen LogP contribution in [0.1, 0.15) is 39.5 Å². The summed E-state index contributed by atoms with van der Waals surface area (Å²) in [6.45, 7) is 4.67. The normalized spacial score (nSPS) is 13.8. The van der Waals surface area contributed by atoms with Crippen molar-refractivity contribution in [3.63, 3.8) is 0 Å². The Morgan fingerprint density at radius 2 is 1.33 bits per heavy atom. The second kappa shape index (κ2) is 7.69. The molecule has 0 aromatic carbocycles. The molecule has 0 fully saturated rings. The van der Waals surface area contributed by atoms with Crippen LogP contribution in [0.5, 0.6) is 0 Å². The monoisotopic (exact) mass is 370 g/mol. The molecule has 0 bridgehead atoms. The Morgan fingerprint density at radius 3 is 1.71 bits per heavy atom. The molecule has 24 heavy (non-hydrogen) atoms. The summed E-state index contributed by atoms with van der Waals surface area (Å²) in [6, 6.07) is 0. The lowest BCUT2D eigenvalue weighted by atomic mass is 9.93. The maximum atomic E-state index is 13.4. The van der Waals surface area contributed by atoms with Crippen molar-refractivity contribution in [2.75, 3.05) is 6.61 Å². The predicted molar refractivity (Wildman–Crippen MR) is 69.7 cm³/mol. The third-order valence-electron chi connectivity index (χ3n) is 3.09. The molecule has 0 aromatic rings. The van der Waals surface area contributed by atoms with Crippen LogP contribution in [0.15, 0.2) is 12.2 Å². The standard InChI is InChI=1S/C14H18F8O2/c1-4-6-11(15,16)13(19,20)14(21,22)12(17,18)7-5-8-24-10(23)9(2)3/h2,4-8H2,1,3H3. The van der Waals surface area contributed by atoms with E-state index in [1.807, 2.05) is 0 Å². The summed E-state index contributed by atoms with van der Waals surface area (Å²) < 4.78 is 111. The van der Waals surface area contributed by atoms with E-state index in [1.165, 1.54) is 6.92 Å². The molecule has 0 aromatic heterocycles. The smallest absolute Gasteiger partial charge is 0.378 e. The van der Waals surface area contributed by atoms with Gasteiger partial charge in [-0.15, -0.1) is 0 Å². The molecule has 0 atom stereocenters. The molecule has 2 nitrogen and oxygen atoms in total. The molecule has 0 heterocycles. The van der Waals surface area contributed by atoms with Gasteiger partial charge in [0, 0.05) is 18.4 Å². The van der Waals surface area contributed by atoms with Gasteiger partial charge in [-0.1, -0.05) is 19.9 Å². The van der Waals surface area contributed by atoms with E-state index in [0.29, 0.717) is 0 Å². The van der Waals surface area contributed by atoms with Gasteiger partial charge < -0.3 is 4.74 Å². The molecular formula is C14H18F8O2. The molecule has 0 saturated heterocycles. The van der Waals surface area contributed by atoms with Gasteiger partial charge in [0.2, 0.25) is 0 Å². The van der Waals surface area contributed by atoms with Crippen molar-refractivity contribution >= 4 is 5.97 Å². The van der Waals surface area contributed by atoms with E-state index in [2.05, 4.69) is 11.3 Å². The Morgan fingerprint density at radius 1 is 0.917 bits per heavy atom. The fourth-order valence-electron chi connectivity index (χ4n) is 1.67. The summed E-state index contributed by atoms with van der Waals surface area (Å²) in [6.07, 6.45) is -5.04. The molecule has 0 amide bonds. The van der Waals surface area contributed by atoms with E-state index >= 15 is 0 Å². The Bertz CT molecular complexity index is 460. The van der Waals surface area contributed by atoms with Crippen LogP contribution in [0.25, 0.3) is 0 Å². The molecule has 0 unspecified atom stereocenters. The van der Waals surface area contributed by atoms with Gasteiger partial charge in [-0.2, -0.15) is 35.1 Å². The highest BCUT2D eigenvalue weighted by atomic mass is 19.4. The Kier molecular flexibility index (Phi) is 7.26. The first-order valence-corrected chi connectivity index (χ1v) is 6.98. The lowest BCUT2D eigenvalue weighted by Crippen LogP contribution is -2.62. The third kappa shape index (κ3) is 4.60. The molecule has 0 spiro atoms. The van der Waals surface area contributed by atoms with Gasteiger partial charge >= 0.3 is 29.7 Å². The van der Waals surface area contributed by atoms with Crippen LogP contribution in [-0.2, 0) is 9.53 Å². The Labute approximate surface area is 133 Å². The van der Waals surface area contributed by atoms with Gasteiger partial charge in [-0.3, -0.25) is 0 Å². The number of halogens is 8. The lowest BCUT2D eigenvalue weighted by molar-refractivity contribution is -0.368. The molecule has 0 saturated carbocycles. The van der Waals surface area contributed by atoms with Gasteiger partial charge in [0.25, 0.3) is 0 Å². The SMILES string of the molecule is C=C(C)C(=O)OCCCC(F)(F)C(F)(F)C(F)(F)C(F)(F)CCC. The molecular weight excluding hydrogens is 352 g/mol. The summed E-state index contributed by atoms with van der Waals surface area (Å²) in [4.78, 5) is 11.0. The third-order valence-corrected chi connectivity index (χ3v) is 3.09. The fraction of sp³-hybridized carbons (Fsp3) is 0.786. The summed E-state index contributed by atoms with van der Waals surface area (Å²) in [5.74, 6) is -24.2. The molecule has 0 aliphatic heterocycles.